The van der Waals surface area contributed by atoms with Crippen molar-refractivity contribution in [1.29, 1.82) is 0 Å². The number of aromatic nitrogens is 1. The second-order valence-electron chi connectivity index (χ2n) is 7.50. The van der Waals surface area contributed by atoms with Gasteiger partial charge in [-0.05, 0) is 56.0 Å². The van der Waals surface area contributed by atoms with Gasteiger partial charge in [0.05, 0.1) is 0 Å². The molecule has 29 heavy (non-hydrogen) atoms. The van der Waals surface area contributed by atoms with Gasteiger partial charge in [-0.2, -0.15) is 0 Å². The van der Waals surface area contributed by atoms with Crippen molar-refractivity contribution < 1.29 is 9.59 Å². The number of hydrogen-bond donors (Lipinski definition) is 2. The Morgan fingerprint density at radius 3 is 2.76 bits per heavy atom. The zero-order valence-corrected chi connectivity index (χ0v) is 17.1. The van der Waals surface area contributed by atoms with Crippen LogP contribution in [-0.2, 0) is 9.59 Å². The fraction of sp³-hybridized carbons (Fsp3) is 0.261. The molecule has 148 valence electrons. The van der Waals surface area contributed by atoms with Crippen molar-refractivity contribution in [3.05, 3.63) is 81.3 Å². The number of carbonyl (C=O) groups excluding carboxylic acids is 2. The van der Waals surface area contributed by atoms with E-state index in [-0.39, 0.29) is 11.7 Å². The molecular formula is C23H22ClN3O2. The molecule has 1 aliphatic carbocycles. The van der Waals surface area contributed by atoms with Crippen molar-refractivity contribution in [3.8, 4) is 0 Å². The largest absolute Gasteiger partial charge is 0.362 e. The first-order chi connectivity index (χ1) is 13.9. The summed E-state index contributed by atoms with van der Waals surface area (Å²) in [6, 6.07) is 11.0. The van der Waals surface area contributed by atoms with E-state index in [2.05, 4.69) is 15.6 Å². The molecule has 1 atom stereocenters. The molecule has 2 aliphatic rings. The SMILES string of the molecule is CC1=C(C(=O)Nc2ccc(C)cn2)[C@H](c2cccc(Cl)c2)C2=C(CCCC2=O)N1. The van der Waals surface area contributed by atoms with Crippen LogP contribution in [0, 0.1) is 6.92 Å². The molecule has 2 aromatic rings. The zero-order valence-electron chi connectivity index (χ0n) is 16.4. The maximum atomic E-state index is 13.3. The number of anilines is 1. The van der Waals surface area contributed by atoms with Gasteiger partial charge in [-0.3, -0.25) is 9.59 Å². The second-order valence-corrected chi connectivity index (χ2v) is 7.93. The molecule has 0 saturated heterocycles. The van der Waals surface area contributed by atoms with Crippen LogP contribution in [0.15, 0.2) is 65.1 Å². The van der Waals surface area contributed by atoms with Crippen molar-refractivity contribution in [2.45, 2.75) is 39.0 Å². The summed E-state index contributed by atoms with van der Waals surface area (Å²) in [4.78, 5) is 30.4. The topological polar surface area (TPSA) is 71.1 Å². The lowest BCUT2D eigenvalue weighted by atomic mass is 9.75. The Morgan fingerprint density at radius 2 is 2.03 bits per heavy atom. The van der Waals surface area contributed by atoms with Crippen LogP contribution in [0.3, 0.4) is 0 Å². The fourth-order valence-corrected chi connectivity index (χ4v) is 4.23. The highest BCUT2D eigenvalue weighted by molar-refractivity contribution is 6.30. The summed E-state index contributed by atoms with van der Waals surface area (Å²) in [5.41, 5.74) is 4.69. The van der Waals surface area contributed by atoms with Gasteiger partial charge in [-0.25, -0.2) is 4.98 Å². The molecule has 1 aromatic heterocycles. The molecular weight excluding hydrogens is 386 g/mol. The predicted molar refractivity (Wildman–Crippen MR) is 114 cm³/mol. The Balaban J connectivity index is 1.78. The maximum Gasteiger partial charge on any atom is 0.255 e. The minimum Gasteiger partial charge on any atom is -0.362 e. The maximum absolute atomic E-state index is 13.3. The summed E-state index contributed by atoms with van der Waals surface area (Å²) in [5, 5.41) is 6.77. The molecule has 0 unspecified atom stereocenters. The lowest BCUT2D eigenvalue weighted by molar-refractivity contribution is -0.116. The van der Waals surface area contributed by atoms with Crippen LogP contribution >= 0.6 is 11.6 Å². The summed E-state index contributed by atoms with van der Waals surface area (Å²) < 4.78 is 0. The van der Waals surface area contributed by atoms with Crippen molar-refractivity contribution in [2.24, 2.45) is 0 Å². The van der Waals surface area contributed by atoms with E-state index in [1.165, 1.54) is 0 Å². The minimum absolute atomic E-state index is 0.0787. The molecule has 0 bridgehead atoms. The number of carbonyl (C=O) groups is 2. The molecule has 4 rings (SSSR count). The van der Waals surface area contributed by atoms with E-state index in [4.69, 9.17) is 11.6 Å². The van der Waals surface area contributed by atoms with Crippen molar-refractivity contribution in [2.75, 3.05) is 5.32 Å². The smallest absolute Gasteiger partial charge is 0.255 e. The van der Waals surface area contributed by atoms with Crippen LogP contribution in [0.5, 0.6) is 0 Å². The Kier molecular flexibility index (Phi) is 5.24. The number of aryl methyl sites for hydroxylation is 1. The van der Waals surface area contributed by atoms with E-state index in [1.807, 2.05) is 38.1 Å². The summed E-state index contributed by atoms with van der Waals surface area (Å²) >= 11 is 6.24. The standard InChI is InChI=1S/C23H22ClN3O2/c1-13-9-10-19(25-12-13)27-23(29)20-14(2)26-17-7-4-8-18(28)22(17)21(20)15-5-3-6-16(24)11-15/h3,5-6,9-12,21,26H,4,7-8H2,1-2H3,(H,25,27,29)/t21-/m0/s1. The molecule has 0 spiro atoms. The molecule has 6 heteroatoms. The van der Waals surface area contributed by atoms with Gasteiger partial charge < -0.3 is 10.6 Å². The number of rotatable bonds is 3. The highest BCUT2D eigenvalue weighted by atomic mass is 35.5. The van der Waals surface area contributed by atoms with Gasteiger partial charge in [0.25, 0.3) is 5.91 Å². The van der Waals surface area contributed by atoms with Gasteiger partial charge in [-0.15, -0.1) is 0 Å². The molecule has 0 radical (unpaired) electrons. The summed E-state index contributed by atoms with van der Waals surface area (Å²) in [6.45, 7) is 3.81. The third-order valence-electron chi connectivity index (χ3n) is 5.36. The van der Waals surface area contributed by atoms with Gasteiger partial charge in [0.15, 0.2) is 5.78 Å². The first-order valence-electron chi connectivity index (χ1n) is 9.67. The molecule has 5 nitrogen and oxygen atoms in total. The Morgan fingerprint density at radius 1 is 1.21 bits per heavy atom. The highest BCUT2D eigenvalue weighted by Gasteiger charge is 2.38. The monoisotopic (exact) mass is 407 g/mol. The number of halogens is 1. The Bertz CT molecular complexity index is 1050. The second kappa shape index (κ2) is 7.84. The van der Waals surface area contributed by atoms with E-state index in [0.29, 0.717) is 28.4 Å². The van der Waals surface area contributed by atoms with Crippen LogP contribution in [0.1, 0.15) is 43.2 Å². The average Bonchev–Trinajstić information content (AvgIpc) is 2.69. The van der Waals surface area contributed by atoms with Crippen LogP contribution in [0.4, 0.5) is 5.82 Å². The number of hydrogen-bond acceptors (Lipinski definition) is 4. The highest BCUT2D eigenvalue weighted by Crippen LogP contribution is 2.42. The Hall–Kier alpha value is -2.92. The summed E-state index contributed by atoms with van der Waals surface area (Å²) in [5.74, 6) is -0.181. The number of nitrogens with one attached hydrogen (secondary N) is 2. The normalized spacial score (nSPS) is 19.0. The number of allylic oxidation sites excluding steroid dienone is 3. The molecule has 0 saturated carbocycles. The van der Waals surface area contributed by atoms with E-state index >= 15 is 0 Å². The number of pyridine rings is 1. The van der Waals surface area contributed by atoms with E-state index < -0.39 is 5.92 Å². The predicted octanol–water partition coefficient (Wildman–Crippen LogP) is 4.65. The zero-order chi connectivity index (χ0) is 20.5. The number of dihydropyridines is 1. The van der Waals surface area contributed by atoms with E-state index in [1.54, 1.807) is 18.3 Å². The van der Waals surface area contributed by atoms with Crippen LogP contribution in [0.25, 0.3) is 0 Å². The fourth-order valence-electron chi connectivity index (χ4n) is 4.03. The minimum atomic E-state index is -0.455. The third kappa shape index (κ3) is 3.83. The lowest BCUT2D eigenvalue weighted by Crippen LogP contribution is -2.35. The van der Waals surface area contributed by atoms with Crippen LogP contribution in [-0.4, -0.2) is 16.7 Å². The molecule has 1 aromatic carbocycles. The molecule has 2 heterocycles. The van der Waals surface area contributed by atoms with Crippen molar-refractivity contribution >= 4 is 29.1 Å². The van der Waals surface area contributed by atoms with Gasteiger partial charge in [0, 0.05) is 46.1 Å². The van der Waals surface area contributed by atoms with E-state index in [0.717, 1.165) is 35.4 Å². The third-order valence-corrected chi connectivity index (χ3v) is 5.59. The van der Waals surface area contributed by atoms with Crippen LogP contribution in [0.2, 0.25) is 5.02 Å². The van der Waals surface area contributed by atoms with Gasteiger partial charge in [0.2, 0.25) is 0 Å². The van der Waals surface area contributed by atoms with Gasteiger partial charge >= 0.3 is 0 Å². The summed E-state index contributed by atoms with van der Waals surface area (Å²) in [6.07, 6.45) is 3.81. The van der Waals surface area contributed by atoms with Gasteiger partial charge in [-0.1, -0.05) is 29.8 Å². The number of nitrogens with zero attached hydrogens (tertiary/aromatic N) is 1. The average molecular weight is 408 g/mol. The van der Waals surface area contributed by atoms with E-state index in [9.17, 15) is 9.59 Å². The molecule has 0 fully saturated rings. The van der Waals surface area contributed by atoms with Crippen molar-refractivity contribution in [1.82, 2.24) is 10.3 Å². The number of Topliss-reactive ketones (excluding diaryl/α,β-unsaturated/α-hetero) is 1. The number of benzene rings is 1. The molecule has 1 amide bonds. The molecule has 1 aliphatic heterocycles. The van der Waals surface area contributed by atoms with Crippen LogP contribution < -0.4 is 10.6 Å². The van der Waals surface area contributed by atoms with Crippen molar-refractivity contribution in [3.63, 3.8) is 0 Å². The van der Waals surface area contributed by atoms with Gasteiger partial charge in [0.1, 0.15) is 5.82 Å². The molecule has 2 N–H and O–H groups in total. The number of amides is 1. The summed E-state index contributed by atoms with van der Waals surface area (Å²) in [7, 11) is 0. The first-order valence-corrected chi connectivity index (χ1v) is 10.1. The first kappa shape index (κ1) is 19.4. The quantitative estimate of drug-likeness (QED) is 0.776. The lowest BCUT2D eigenvalue weighted by Gasteiger charge is -2.34. The number of ketones is 1. The Labute approximate surface area is 174 Å².